The van der Waals surface area contributed by atoms with Crippen molar-refractivity contribution in [3.63, 3.8) is 0 Å². The average Bonchev–Trinajstić information content (AvgIpc) is 2.34. The Morgan fingerprint density at radius 1 is 1.31 bits per heavy atom. The van der Waals surface area contributed by atoms with Gasteiger partial charge in [0.2, 0.25) is 0 Å². The van der Waals surface area contributed by atoms with Gasteiger partial charge in [0, 0.05) is 13.1 Å². The molecule has 0 bridgehead atoms. The summed E-state index contributed by atoms with van der Waals surface area (Å²) in [6, 6.07) is 6.54. The van der Waals surface area contributed by atoms with Gasteiger partial charge in [0.25, 0.3) is 0 Å². The van der Waals surface area contributed by atoms with E-state index < -0.39 is 0 Å². The first kappa shape index (κ1) is 11.4. The third-order valence-electron chi connectivity index (χ3n) is 2.88. The van der Waals surface area contributed by atoms with Gasteiger partial charge in [0.05, 0.1) is 6.61 Å². The van der Waals surface area contributed by atoms with E-state index in [2.05, 4.69) is 23.5 Å². The molecule has 0 saturated carbocycles. The standard InChI is InChI=1S/C13H20N2O/c14-6-8-15-7-5-11-3-4-13-12(10-11)2-1-9-16-13/h3-4,10,15H,1-2,5-9,14H2. The van der Waals surface area contributed by atoms with E-state index in [1.165, 1.54) is 11.1 Å². The number of hydrogen-bond acceptors (Lipinski definition) is 3. The zero-order chi connectivity index (χ0) is 11.2. The average molecular weight is 220 g/mol. The second kappa shape index (κ2) is 5.87. The fourth-order valence-electron chi connectivity index (χ4n) is 2.03. The number of ether oxygens (including phenoxy) is 1. The largest absolute Gasteiger partial charge is 0.493 e. The van der Waals surface area contributed by atoms with Gasteiger partial charge in [0.1, 0.15) is 5.75 Å². The van der Waals surface area contributed by atoms with Crippen molar-refractivity contribution >= 4 is 0 Å². The van der Waals surface area contributed by atoms with Crippen LogP contribution in [0.3, 0.4) is 0 Å². The molecule has 0 saturated heterocycles. The molecule has 3 heteroatoms. The third kappa shape index (κ3) is 2.97. The minimum absolute atomic E-state index is 0.706. The summed E-state index contributed by atoms with van der Waals surface area (Å²) in [7, 11) is 0. The fourth-order valence-corrected chi connectivity index (χ4v) is 2.03. The molecule has 3 N–H and O–H groups in total. The smallest absolute Gasteiger partial charge is 0.122 e. The molecule has 3 nitrogen and oxygen atoms in total. The van der Waals surface area contributed by atoms with Gasteiger partial charge in [-0.1, -0.05) is 12.1 Å². The van der Waals surface area contributed by atoms with Gasteiger partial charge in [0.15, 0.2) is 0 Å². The zero-order valence-electron chi connectivity index (χ0n) is 9.67. The Morgan fingerprint density at radius 2 is 2.25 bits per heavy atom. The number of aryl methyl sites for hydroxylation is 1. The van der Waals surface area contributed by atoms with Gasteiger partial charge in [-0.15, -0.1) is 0 Å². The van der Waals surface area contributed by atoms with Crippen LogP contribution in [-0.4, -0.2) is 26.2 Å². The van der Waals surface area contributed by atoms with Crippen LogP contribution in [0.25, 0.3) is 0 Å². The minimum Gasteiger partial charge on any atom is -0.493 e. The molecule has 1 aliphatic heterocycles. The predicted octanol–water partition coefficient (Wildman–Crippen LogP) is 1.10. The summed E-state index contributed by atoms with van der Waals surface area (Å²) >= 11 is 0. The van der Waals surface area contributed by atoms with Crippen LogP contribution in [0, 0.1) is 0 Å². The quantitative estimate of drug-likeness (QED) is 0.731. The Balaban J connectivity index is 1.90. The Labute approximate surface area is 97.0 Å². The van der Waals surface area contributed by atoms with Gasteiger partial charge < -0.3 is 15.8 Å². The number of nitrogens with two attached hydrogens (primary N) is 1. The van der Waals surface area contributed by atoms with Gasteiger partial charge >= 0.3 is 0 Å². The summed E-state index contributed by atoms with van der Waals surface area (Å²) in [5.74, 6) is 1.07. The van der Waals surface area contributed by atoms with E-state index in [1.807, 2.05) is 0 Å². The monoisotopic (exact) mass is 220 g/mol. The lowest BCUT2D eigenvalue weighted by atomic mass is 10.0. The Morgan fingerprint density at radius 3 is 3.12 bits per heavy atom. The van der Waals surface area contributed by atoms with Crippen LogP contribution in [0.4, 0.5) is 0 Å². The topological polar surface area (TPSA) is 47.3 Å². The maximum absolute atomic E-state index is 5.59. The zero-order valence-corrected chi connectivity index (χ0v) is 9.67. The normalized spacial score (nSPS) is 14.3. The van der Waals surface area contributed by atoms with E-state index in [4.69, 9.17) is 10.5 Å². The first-order valence-corrected chi connectivity index (χ1v) is 6.05. The summed E-state index contributed by atoms with van der Waals surface area (Å²) in [4.78, 5) is 0. The van der Waals surface area contributed by atoms with Gasteiger partial charge in [-0.25, -0.2) is 0 Å². The van der Waals surface area contributed by atoms with Crippen molar-refractivity contribution in [2.75, 3.05) is 26.2 Å². The highest BCUT2D eigenvalue weighted by atomic mass is 16.5. The van der Waals surface area contributed by atoms with Crippen LogP contribution in [-0.2, 0) is 12.8 Å². The molecule has 1 aliphatic rings. The molecule has 0 radical (unpaired) electrons. The highest BCUT2D eigenvalue weighted by Crippen LogP contribution is 2.25. The van der Waals surface area contributed by atoms with Crippen LogP contribution < -0.4 is 15.8 Å². The van der Waals surface area contributed by atoms with E-state index in [0.717, 1.165) is 44.7 Å². The molecular weight excluding hydrogens is 200 g/mol. The van der Waals surface area contributed by atoms with E-state index in [-0.39, 0.29) is 0 Å². The van der Waals surface area contributed by atoms with E-state index >= 15 is 0 Å². The molecule has 1 aromatic rings. The van der Waals surface area contributed by atoms with Crippen molar-refractivity contribution in [1.29, 1.82) is 0 Å². The highest BCUT2D eigenvalue weighted by Gasteiger charge is 2.09. The molecule has 0 aliphatic carbocycles. The summed E-state index contributed by atoms with van der Waals surface area (Å²) < 4.78 is 5.59. The maximum Gasteiger partial charge on any atom is 0.122 e. The molecule has 0 aromatic heterocycles. The maximum atomic E-state index is 5.59. The minimum atomic E-state index is 0.706. The second-order valence-electron chi connectivity index (χ2n) is 4.18. The van der Waals surface area contributed by atoms with Gasteiger partial charge in [-0.2, -0.15) is 0 Å². The number of fused-ring (bicyclic) bond motifs is 1. The van der Waals surface area contributed by atoms with E-state index in [1.54, 1.807) is 0 Å². The summed E-state index contributed by atoms with van der Waals surface area (Å²) in [6.45, 7) is 3.47. The van der Waals surface area contributed by atoms with E-state index in [9.17, 15) is 0 Å². The fraction of sp³-hybridized carbons (Fsp3) is 0.538. The van der Waals surface area contributed by atoms with Crippen LogP contribution >= 0.6 is 0 Å². The predicted molar refractivity (Wildman–Crippen MR) is 65.9 cm³/mol. The van der Waals surface area contributed by atoms with Crippen molar-refractivity contribution in [1.82, 2.24) is 5.32 Å². The second-order valence-corrected chi connectivity index (χ2v) is 4.18. The van der Waals surface area contributed by atoms with Crippen LogP contribution in [0.1, 0.15) is 17.5 Å². The number of benzene rings is 1. The van der Waals surface area contributed by atoms with Crippen LogP contribution in [0.15, 0.2) is 18.2 Å². The van der Waals surface area contributed by atoms with E-state index in [0.29, 0.717) is 6.54 Å². The number of rotatable bonds is 5. The molecule has 0 amide bonds. The van der Waals surface area contributed by atoms with Crippen molar-refractivity contribution in [3.8, 4) is 5.75 Å². The molecule has 88 valence electrons. The Hall–Kier alpha value is -1.06. The first-order chi connectivity index (χ1) is 7.90. The molecule has 1 heterocycles. The Kier molecular flexibility index (Phi) is 4.19. The lowest BCUT2D eigenvalue weighted by molar-refractivity contribution is 0.288. The molecule has 0 fully saturated rings. The summed E-state index contributed by atoms with van der Waals surface area (Å²) in [5, 5.41) is 3.31. The lowest BCUT2D eigenvalue weighted by Gasteiger charge is -2.17. The molecule has 2 rings (SSSR count). The molecule has 0 spiro atoms. The van der Waals surface area contributed by atoms with Crippen molar-refractivity contribution < 1.29 is 4.74 Å². The number of hydrogen-bond donors (Lipinski definition) is 2. The molecular formula is C13H20N2O. The van der Waals surface area contributed by atoms with Gasteiger partial charge in [-0.3, -0.25) is 0 Å². The van der Waals surface area contributed by atoms with Gasteiger partial charge in [-0.05, 0) is 43.0 Å². The highest BCUT2D eigenvalue weighted by molar-refractivity contribution is 5.38. The molecule has 0 atom stereocenters. The first-order valence-electron chi connectivity index (χ1n) is 6.05. The SMILES string of the molecule is NCCNCCc1ccc2c(c1)CCCO2. The van der Waals surface area contributed by atoms with Crippen molar-refractivity contribution in [2.24, 2.45) is 5.73 Å². The number of nitrogens with one attached hydrogen (secondary N) is 1. The Bertz CT molecular complexity index is 339. The van der Waals surface area contributed by atoms with Crippen LogP contribution in [0.2, 0.25) is 0 Å². The molecule has 1 aromatic carbocycles. The lowest BCUT2D eigenvalue weighted by Crippen LogP contribution is -2.24. The van der Waals surface area contributed by atoms with Crippen molar-refractivity contribution in [2.45, 2.75) is 19.3 Å². The summed E-state index contributed by atoms with van der Waals surface area (Å²) in [5.41, 5.74) is 8.17. The van der Waals surface area contributed by atoms with Crippen LogP contribution in [0.5, 0.6) is 5.75 Å². The summed E-state index contributed by atoms with van der Waals surface area (Å²) in [6.07, 6.45) is 3.36. The molecule has 0 unspecified atom stereocenters. The molecule has 16 heavy (non-hydrogen) atoms. The van der Waals surface area contributed by atoms with Crippen molar-refractivity contribution in [3.05, 3.63) is 29.3 Å². The third-order valence-corrected chi connectivity index (χ3v) is 2.88.